The van der Waals surface area contributed by atoms with Gasteiger partial charge in [-0.15, -0.1) is 5.10 Å². The molecule has 1 heterocycles. The molecule has 104 valence electrons. The van der Waals surface area contributed by atoms with E-state index in [-0.39, 0.29) is 25.0 Å². The van der Waals surface area contributed by atoms with Gasteiger partial charge in [0.15, 0.2) is 0 Å². The van der Waals surface area contributed by atoms with E-state index >= 15 is 0 Å². The number of aromatic nitrogens is 3. The summed E-state index contributed by atoms with van der Waals surface area (Å²) in [6, 6.07) is -0.0670. The van der Waals surface area contributed by atoms with Gasteiger partial charge in [0.1, 0.15) is 12.2 Å². The topological polar surface area (TPSA) is 123 Å². The molecule has 0 spiro atoms. The molecule has 0 aromatic carbocycles. The molecule has 1 unspecified atom stereocenters. The van der Waals surface area contributed by atoms with E-state index in [9.17, 15) is 9.59 Å². The van der Waals surface area contributed by atoms with Crippen molar-refractivity contribution in [2.45, 2.75) is 38.4 Å². The molecule has 1 aromatic rings. The fourth-order valence-electron chi connectivity index (χ4n) is 1.80. The highest BCUT2D eigenvalue weighted by molar-refractivity contribution is 5.76. The second-order valence-electron chi connectivity index (χ2n) is 4.78. The molecule has 1 fully saturated rings. The second kappa shape index (κ2) is 5.79. The molecule has 8 nitrogen and oxygen atoms in total. The van der Waals surface area contributed by atoms with Crippen LogP contribution in [-0.2, 0) is 22.7 Å². The number of amides is 1. The van der Waals surface area contributed by atoms with Crippen LogP contribution in [0.5, 0.6) is 0 Å². The Morgan fingerprint density at radius 1 is 1.58 bits per heavy atom. The lowest BCUT2D eigenvalue weighted by Crippen LogP contribution is -2.32. The van der Waals surface area contributed by atoms with E-state index in [1.165, 1.54) is 10.9 Å². The molecule has 8 heteroatoms. The number of nitrogens with zero attached hydrogens (tertiary/aromatic N) is 3. The van der Waals surface area contributed by atoms with E-state index in [4.69, 9.17) is 10.8 Å². The third kappa shape index (κ3) is 4.32. The van der Waals surface area contributed by atoms with Gasteiger partial charge < -0.3 is 16.2 Å². The highest BCUT2D eigenvalue weighted by Crippen LogP contribution is 2.32. The largest absolute Gasteiger partial charge is 0.480 e. The first-order valence-electron chi connectivity index (χ1n) is 6.17. The summed E-state index contributed by atoms with van der Waals surface area (Å²) in [6.45, 7) is -0.0106. The minimum atomic E-state index is -0.990. The predicted octanol–water partition coefficient (Wildman–Crippen LogP) is -0.894. The quantitative estimate of drug-likeness (QED) is 0.588. The molecule has 1 aliphatic rings. The zero-order chi connectivity index (χ0) is 13.8. The van der Waals surface area contributed by atoms with E-state index in [0.29, 0.717) is 18.0 Å². The molecule has 0 radical (unpaired) electrons. The van der Waals surface area contributed by atoms with Crippen molar-refractivity contribution >= 4 is 11.9 Å². The fraction of sp³-hybridized carbons (Fsp3) is 0.636. The van der Waals surface area contributed by atoms with Crippen molar-refractivity contribution in [1.29, 1.82) is 0 Å². The van der Waals surface area contributed by atoms with Gasteiger partial charge >= 0.3 is 5.97 Å². The zero-order valence-corrected chi connectivity index (χ0v) is 10.5. The first-order chi connectivity index (χ1) is 9.04. The van der Waals surface area contributed by atoms with Gasteiger partial charge in [-0.25, -0.2) is 4.68 Å². The summed E-state index contributed by atoms with van der Waals surface area (Å²) >= 11 is 0. The molecule has 0 saturated heterocycles. The minimum absolute atomic E-state index is 0.0670. The van der Waals surface area contributed by atoms with Crippen LogP contribution in [0, 0.1) is 5.92 Å². The van der Waals surface area contributed by atoms with Gasteiger partial charge in [-0.3, -0.25) is 9.59 Å². The molecule has 1 saturated carbocycles. The van der Waals surface area contributed by atoms with Crippen molar-refractivity contribution in [3.8, 4) is 0 Å². The number of carboxylic acid groups (broad SMARTS) is 1. The third-order valence-electron chi connectivity index (χ3n) is 3.00. The number of nitrogens with two attached hydrogens (primary N) is 1. The number of hydrogen-bond acceptors (Lipinski definition) is 5. The van der Waals surface area contributed by atoms with Crippen LogP contribution in [0.2, 0.25) is 0 Å². The normalized spacial score (nSPS) is 16.1. The minimum Gasteiger partial charge on any atom is -0.480 e. The van der Waals surface area contributed by atoms with Crippen molar-refractivity contribution in [3.63, 3.8) is 0 Å². The summed E-state index contributed by atoms with van der Waals surface area (Å²) in [6.07, 6.45) is 4.03. The monoisotopic (exact) mass is 267 g/mol. The number of rotatable bonds is 7. The first-order valence-corrected chi connectivity index (χ1v) is 6.17. The predicted molar refractivity (Wildman–Crippen MR) is 64.8 cm³/mol. The molecule has 1 amide bonds. The van der Waals surface area contributed by atoms with Crippen LogP contribution >= 0.6 is 0 Å². The summed E-state index contributed by atoms with van der Waals surface area (Å²) in [5.41, 5.74) is 6.37. The summed E-state index contributed by atoms with van der Waals surface area (Å²) in [7, 11) is 0. The molecule has 2 rings (SSSR count). The van der Waals surface area contributed by atoms with Crippen LogP contribution < -0.4 is 11.1 Å². The van der Waals surface area contributed by atoms with E-state index < -0.39 is 5.97 Å². The maximum atomic E-state index is 11.6. The Hall–Kier alpha value is -1.96. The van der Waals surface area contributed by atoms with Crippen LogP contribution in [0.15, 0.2) is 6.20 Å². The summed E-state index contributed by atoms with van der Waals surface area (Å²) in [5, 5.41) is 18.7. The Balaban J connectivity index is 1.73. The average Bonchev–Trinajstić information content (AvgIpc) is 3.09. The van der Waals surface area contributed by atoms with Gasteiger partial charge in [-0.05, 0) is 18.8 Å². The highest BCUT2D eigenvalue weighted by atomic mass is 16.4. The summed E-state index contributed by atoms with van der Waals surface area (Å²) in [5.74, 6) is -0.620. The molecule has 19 heavy (non-hydrogen) atoms. The van der Waals surface area contributed by atoms with Gasteiger partial charge in [0.05, 0.1) is 12.7 Å². The molecular formula is C11H17N5O3. The number of carbonyl (C=O) groups is 2. The lowest BCUT2D eigenvalue weighted by molar-refractivity contribution is -0.138. The number of carbonyl (C=O) groups excluding carboxylic acids is 1. The van der Waals surface area contributed by atoms with E-state index in [1.54, 1.807) is 0 Å². The Morgan fingerprint density at radius 3 is 2.95 bits per heavy atom. The van der Waals surface area contributed by atoms with Crippen molar-refractivity contribution in [2.24, 2.45) is 11.7 Å². The van der Waals surface area contributed by atoms with Crippen molar-refractivity contribution in [2.75, 3.05) is 0 Å². The standard InChI is InChI=1S/C11H17N5O3/c12-9(7-1-2-7)3-10(17)13-4-8-5-16(15-14-8)6-11(18)19/h5,7,9H,1-4,6,12H2,(H,13,17)(H,18,19). The van der Waals surface area contributed by atoms with Crippen molar-refractivity contribution in [1.82, 2.24) is 20.3 Å². The van der Waals surface area contributed by atoms with Crippen molar-refractivity contribution in [3.05, 3.63) is 11.9 Å². The lowest BCUT2D eigenvalue weighted by Gasteiger charge is -2.09. The Labute approximate surface area is 110 Å². The van der Waals surface area contributed by atoms with E-state index in [1.807, 2.05) is 0 Å². The fourth-order valence-corrected chi connectivity index (χ4v) is 1.80. The van der Waals surface area contributed by atoms with Crippen LogP contribution in [0.1, 0.15) is 25.0 Å². The van der Waals surface area contributed by atoms with Gasteiger partial charge in [0.25, 0.3) is 0 Å². The van der Waals surface area contributed by atoms with Crippen LogP contribution in [0.4, 0.5) is 0 Å². The maximum absolute atomic E-state index is 11.6. The molecule has 1 aliphatic carbocycles. The van der Waals surface area contributed by atoms with Crippen LogP contribution in [-0.4, -0.2) is 38.0 Å². The number of nitrogens with one attached hydrogen (secondary N) is 1. The molecule has 0 aliphatic heterocycles. The second-order valence-corrected chi connectivity index (χ2v) is 4.78. The van der Waals surface area contributed by atoms with Gasteiger partial charge in [0, 0.05) is 12.5 Å². The maximum Gasteiger partial charge on any atom is 0.325 e. The third-order valence-corrected chi connectivity index (χ3v) is 3.00. The van der Waals surface area contributed by atoms with Crippen molar-refractivity contribution < 1.29 is 14.7 Å². The Bertz CT molecular complexity index is 469. The number of carboxylic acids is 1. The summed E-state index contributed by atoms with van der Waals surface area (Å²) < 4.78 is 1.21. The van der Waals surface area contributed by atoms with Gasteiger partial charge in [-0.1, -0.05) is 5.21 Å². The molecule has 0 bridgehead atoms. The Morgan fingerprint density at radius 2 is 2.32 bits per heavy atom. The smallest absolute Gasteiger partial charge is 0.325 e. The molecule has 4 N–H and O–H groups in total. The number of aliphatic carboxylic acids is 1. The first kappa shape index (κ1) is 13.5. The van der Waals surface area contributed by atoms with E-state index in [2.05, 4.69) is 15.6 Å². The SMILES string of the molecule is NC(CC(=O)NCc1cn(CC(=O)O)nn1)C1CC1. The highest BCUT2D eigenvalue weighted by Gasteiger charge is 2.29. The molecular weight excluding hydrogens is 250 g/mol. The summed E-state index contributed by atoms with van der Waals surface area (Å²) in [4.78, 5) is 22.1. The Kier molecular flexibility index (Phi) is 4.10. The number of hydrogen-bond donors (Lipinski definition) is 3. The van der Waals surface area contributed by atoms with Crippen LogP contribution in [0.3, 0.4) is 0 Å². The molecule has 1 aromatic heterocycles. The van der Waals surface area contributed by atoms with Crippen LogP contribution in [0.25, 0.3) is 0 Å². The average molecular weight is 267 g/mol. The molecule has 1 atom stereocenters. The lowest BCUT2D eigenvalue weighted by atomic mass is 10.1. The van der Waals surface area contributed by atoms with Gasteiger partial charge in [-0.2, -0.15) is 0 Å². The van der Waals surface area contributed by atoms with E-state index in [0.717, 1.165) is 12.8 Å². The zero-order valence-electron chi connectivity index (χ0n) is 10.5. The van der Waals surface area contributed by atoms with Gasteiger partial charge in [0.2, 0.25) is 5.91 Å².